The van der Waals surface area contributed by atoms with E-state index in [1.165, 1.54) is 21.9 Å². The molecule has 2 saturated heterocycles. The molecule has 1 aromatic carbocycles. The Kier molecular flexibility index (Phi) is 13.4. The Labute approximate surface area is 413 Å². The van der Waals surface area contributed by atoms with E-state index in [4.69, 9.17) is 9.51 Å². The van der Waals surface area contributed by atoms with Crippen LogP contribution in [0.2, 0.25) is 0 Å². The highest BCUT2D eigenvalue weighted by Gasteiger charge is 2.39. The SMILES string of the molecule is C=CC(=O)Nc1cc(Nc2nc(-c3ccnc(N4CCn5c(cc6c5CC(C)(C)C6)C4=O)c3[C@@H](C)O)cn(C)c2=O)ccc1N1CCN(C2CCN(c3ccnc(C(C)(C)OP(=O)(O)O)c3)CC2)C[C@@H]1C. The molecular weight excluding hydrogens is 926 g/mol. The highest BCUT2D eigenvalue weighted by molar-refractivity contribution is 7.46. The van der Waals surface area contributed by atoms with Gasteiger partial charge in [0.05, 0.1) is 28.9 Å². The molecule has 9 rings (SSSR count). The number of hydrogen-bond donors (Lipinski definition) is 5. The number of nitrogens with one attached hydrogen (secondary N) is 2. The lowest BCUT2D eigenvalue weighted by Gasteiger charge is -2.47. The van der Waals surface area contributed by atoms with Crippen LogP contribution in [0, 0.1) is 5.41 Å². The predicted octanol–water partition coefficient (Wildman–Crippen LogP) is 6.27. The summed E-state index contributed by atoms with van der Waals surface area (Å²) >= 11 is 0. The van der Waals surface area contributed by atoms with Crippen LogP contribution in [-0.2, 0) is 45.9 Å². The summed E-state index contributed by atoms with van der Waals surface area (Å²) < 4.78 is 20.2. The summed E-state index contributed by atoms with van der Waals surface area (Å²) in [6, 6.07) is 13.5. The molecule has 0 saturated carbocycles. The molecule has 20 heteroatoms. The maximum absolute atomic E-state index is 14.2. The number of nitrogens with zero attached hydrogens (tertiary/aromatic N) is 9. The number of phosphoric acid groups is 1. The van der Waals surface area contributed by atoms with Crippen molar-refractivity contribution in [3.8, 4) is 11.3 Å². The van der Waals surface area contributed by atoms with Gasteiger partial charge in [0.15, 0.2) is 5.82 Å². The number of amides is 2. The molecule has 2 atom stereocenters. The Morgan fingerprint density at radius 2 is 1.75 bits per heavy atom. The van der Waals surface area contributed by atoms with Gasteiger partial charge < -0.3 is 44.5 Å². The molecule has 19 nitrogen and oxygen atoms in total. The summed E-state index contributed by atoms with van der Waals surface area (Å²) in [4.78, 5) is 82.2. The van der Waals surface area contributed by atoms with E-state index in [9.17, 15) is 33.8 Å². The third kappa shape index (κ3) is 10.2. The summed E-state index contributed by atoms with van der Waals surface area (Å²) in [5, 5.41) is 17.5. The van der Waals surface area contributed by atoms with Gasteiger partial charge in [-0.2, -0.15) is 0 Å². The zero-order valence-electron chi connectivity index (χ0n) is 41.4. The van der Waals surface area contributed by atoms with E-state index in [0.717, 1.165) is 63.2 Å². The van der Waals surface area contributed by atoms with Crippen molar-refractivity contribution in [1.82, 2.24) is 29.0 Å². The molecule has 4 aromatic heterocycles. The Bertz CT molecular complexity index is 3010. The number of piperazine rings is 1. The number of rotatable bonds is 13. The third-order valence-corrected chi connectivity index (χ3v) is 15.0. The monoisotopic (exact) mass is 989 g/mol. The van der Waals surface area contributed by atoms with Crippen LogP contribution in [0.5, 0.6) is 0 Å². The average molecular weight is 990 g/mol. The molecule has 0 bridgehead atoms. The number of aromatic nitrogens is 5. The van der Waals surface area contributed by atoms with E-state index in [0.29, 0.717) is 71.1 Å². The number of phosphoric ester groups is 1. The summed E-state index contributed by atoms with van der Waals surface area (Å²) in [6.45, 7) is 20.0. The lowest BCUT2D eigenvalue weighted by atomic mass is 9.90. The number of piperidine rings is 1. The van der Waals surface area contributed by atoms with Gasteiger partial charge in [0.2, 0.25) is 5.91 Å². The van der Waals surface area contributed by atoms with Gasteiger partial charge in [-0.25, -0.2) is 14.5 Å². The molecule has 0 unspecified atom stereocenters. The van der Waals surface area contributed by atoms with E-state index in [2.05, 4.69) is 67.2 Å². The van der Waals surface area contributed by atoms with Crippen molar-refractivity contribution in [2.75, 3.05) is 64.6 Å². The molecule has 0 spiro atoms. The number of benzene rings is 1. The minimum absolute atomic E-state index is 0.0214. The molecule has 4 aliphatic rings. The standard InChI is InChI=1S/C51H64N11O8P/c1-9-44(64)55-38-25-34(10-11-40(38)60-21-20-59(29-31(60)2)35-14-18-58(19-15-35)36-12-16-52-43(26-36)51(6,7)70-71(67,68)69)54-46-49(66)57(8)30-39(56-46)37-13-17-53-47(45(37)32(3)63)62-23-22-61-41(48(62)65)24-33-27-50(4,5)28-42(33)61/h9-13,16-17,24-26,30-32,35,63H,1,14-15,18-23,27-29H2,2-8H3,(H,54,56)(H,55,64)(H2,67,68,69)/t31-,32+/m0/s1. The molecule has 7 heterocycles. The zero-order chi connectivity index (χ0) is 50.7. The molecule has 71 heavy (non-hydrogen) atoms. The predicted molar refractivity (Wildman–Crippen MR) is 273 cm³/mol. The topological polar surface area (TPSA) is 224 Å². The Morgan fingerprint density at radius 3 is 2.45 bits per heavy atom. The second-order valence-electron chi connectivity index (χ2n) is 20.6. The van der Waals surface area contributed by atoms with E-state index in [-0.39, 0.29) is 29.1 Å². The van der Waals surface area contributed by atoms with Gasteiger partial charge in [0.1, 0.15) is 17.1 Å². The molecule has 2 amide bonds. The molecule has 2 fully saturated rings. The number of aliphatic hydroxyl groups excluding tert-OH is 1. The van der Waals surface area contributed by atoms with Crippen LogP contribution in [0.1, 0.15) is 93.5 Å². The van der Waals surface area contributed by atoms with Crippen molar-refractivity contribution in [2.45, 2.75) is 97.6 Å². The number of pyridine rings is 2. The van der Waals surface area contributed by atoms with Gasteiger partial charge in [-0.1, -0.05) is 20.4 Å². The maximum Gasteiger partial charge on any atom is 0.470 e. The minimum Gasteiger partial charge on any atom is -0.389 e. The number of aliphatic hydroxyl groups is 1. The van der Waals surface area contributed by atoms with Crippen LogP contribution in [0.4, 0.5) is 34.4 Å². The Morgan fingerprint density at radius 1 is 1.00 bits per heavy atom. The van der Waals surface area contributed by atoms with Gasteiger partial charge in [-0.3, -0.25) is 33.7 Å². The maximum atomic E-state index is 14.2. The first kappa shape index (κ1) is 49.8. The van der Waals surface area contributed by atoms with Gasteiger partial charge in [-0.05, 0) is 113 Å². The second kappa shape index (κ2) is 19.1. The van der Waals surface area contributed by atoms with Crippen LogP contribution >= 0.6 is 7.82 Å². The van der Waals surface area contributed by atoms with Crippen molar-refractivity contribution in [1.29, 1.82) is 0 Å². The summed E-state index contributed by atoms with van der Waals surface area (Å²) in [7, 11) is -3.10. The number of hydrogen-bond acceptors (Lipinski definition) is 13. The fourth-order valence-electron chi connectivity index (χ4n) is 11.0. The third-order valence-electron chi connectivity index (χ3n) is 14.3. The van der Waals surface area contributed by atoms with Crippen molar-refractivity contribution in [3.05, 3.63) is 112 Å². The molecule has 3 aliphatic heterocycles. The second-order valence-corrected chi connectivity index (χ2v) is 21.8. The largest absolute Gasteiger partial charge is 0.470 e. The first-order chi connectivity index (χ1) is 33.6. The van der Waals surface area contributed by atoms with Crippen molar-refractivity contribution < 1.29 is 33.6 Å². The van der Waals surface area contributed by atoms with Crippen LogP contribution in [0.15, 0.2) is 78.5 Å². The van der Waals surface area contributed by atoms with E-state index >= 15 is 0 Å². The molecule has 1 aliphatic carbocycles. The van der Waals surface area contributed by atoms with E-state index in [1.807, 2.05) is 30.3 Å². The highest BCUT2D eigenvalue weighted by atomic mass is 31.2. The molecule has 5 aromatic rings. The van der Waals surface area contributed by atoms with Crippen LogP contribution in [-0.4, -0.2) is 107 Å². The average Bonchev–Trinajstić information content (AvgIpc) is 3.81. The van der Waals surface area contributed by atoms with Crippen molar-refractivity contribution in [3.63, 3.8) is 0 Å². The smallest absolute Gasteiger partial charge is 0.389 e. The number of carbonyl (C=O) groups excluding carboxylic acids is 2. The molecule has 0 radical (unpaired) electrons. The van der Waals surface area contributed by atoms with Gasteiger partial charge in [-0.15, -0.1) is 0 Å². The van der Waals surface area contributed by atoms with Gasteiger partial charge in [0.25, 0.3) is 11.5 Å². The number of aryl methyl sites for hydroxylation is 1. The lowest BCUT2D eigenvalue weighted by Crippen LogP contribution is -2.57. The molecule has 5 N–H and O–H groups in total. The summed E-state index contributed by atoms with van der Waals surface area (Å²) in [6.07, 6.45) is 8.70. The van der Waals surface area contributed by atoms with Crippen LogP contribution in [0.3, 0.4) is 0 Å². The number of fused-ring (bicyclic) bond motifs is 3. The van der Waals surface area contributed by atoms with Gasteiger partial charge >= 0.3 is 7.82 Å². The van der Waals surface area contributed by atoms with Crippen LogP contribution < -0.4 is 30.9 Å². The highest BCUT2D eigenvalue weighted by Crippen LogP contribution is 2.46. The van der Waals surface area contributed by atoms with Crippen LogP contribution in [0.25, 0.3) is 11.3 Å². The Balaban J connectivity index is 0.909. The first-order valence-electron chi connectivity index (χ1n) is 24.2. The number of carbonyl (C=O) groups is 2. The Hall–Kier alpha value is -6.21. The first-order valence-corrected chi connectivity index (χ1v) is 25.7. The quantitative estimate of drug-likeness (QED) is 0.0648. The fraction of sp³-hybridized carbons (Fsp3) is 0.451. The molecular formula is C51H64N11O8P. The normalized spacial score (nSPS) is 19.1. The summed E-state index contributed by atoms with van der Waals surface area (Å²) in [5.74, 6) is -0.198. The number of anilines is 6. The van der Waals surface area contributed by atoms with Crippen molar-refractivity contribution in [2.24, 2.45) is 12.5 Å². The lowest BCUT2D eigenvalue weighted by molar-refractivity contribution is -0.111. The fourth-order valence-corrected chi connectivity index (χ4v) is 11.7. The minimum atomic E-state index is -4.73. The van der Waals surface area contributed by atoms with E-state index < -0.39 is 25.1 Å². The molecule has 376 valence electrons. The van der Waals surface area contributed by atoms with E-state index in [1.54, 1.807) is 63.4 Å². The zero-order valence-corrected chi connectivity index (χ0v) is 42.3. The summed E-state index contributed by atoms with van der Waals surface area (Å²) in [5.41, 5.74) is 6.07. The van der Waals surface area contributed by atoms with Crippen molar-refractivity contribution >= 4 is 54.0 Å². The van der Waals surface area contributed by atoms with Gasteiger partial charge in [0, 0.05) is 112 Å².